The molecule has 134 valence electrons. The van der Waals surface area contributed by atoms with Crippen molar-refractivity contribution >= 4 is 11.6 Å². The molecule has 2 aliphatic heterocycles. The maximum absolute atomic E-state index is 10.4. The van der Waals surface area contributed by atoms with Crippen molar-refractivity contribution in [2.45, 2.75) is 31.5 Å². The number of piperidine rings is 1. The lowest BCUT2D eigenvalue weighted by Gasteiger charge is -2.28. The number of aliphatic hydroxyl groups is 1. The molecule has 0 unspecified atom stereocenters. The fourth-order valence-electron chi connectivity index (χ4n) is 3.50. The standard InChI is InChI=1S/C17H24N6O2/c1-21-9-13(8-20-21)25-15-11-23(10-14(15)24)17-7-16(18-12-19-17)22-5-3-2-4-6-22/h7-9,12,14-15,24H,2-6,10-11H2,1H3/t14-,15-/m1/s1. The van der Waals surface area contributed by atoms with Gasteiger partial charge >= 0.3 is 0 Å². The second-order valence-electron chi connectivity index (χ2n) is 6.76. The smallest absolute Gasteiger partial charge is 0.157 e. The Morgan fingerprint density at radius 3 is 2.56 bits per heavy atom. The highest BCUT2D eigenvalue weighted by molar-refractivity contribution is 5.51. The third-order valence-corrected chi connectivity index (χ3v) is 4.85. The summed E-state index contributed by atoms with van der Waals surface area (Å²) >= 11 is 0. The second kappa shape index (κ2) is 6.87. The van der Waals surface area contributed by atoms with Crippen molar-refractivity contribution in [2.24, 2.45) is 7.05 Å². The number of anilines is 2. The van der Waals surface area contributed by atoms with E-state index in [0.717, 1.165) is 24.7 Å². The van der Waals surface area contributed by atoms with E-state index < -0.39 is 6.10 Å². The van der Waals surface area contributed by atoms with E-state index in [1.54, 1.807) is 23.4 Å². The molecule has 0 saturated carbocycles. The van der Waals surface area contributed by atoms with Crippen LogP contribution in [-0.2, 0) is 7.05 Å². The zero-order valence-electron chi connectivity index (χ0n) is 14.5. The van der Waals surface area contributed by atoms with E-state index in [9.17, 15) is 5.11 Å². The number of nitrogens with zero attached hydrogens (tertiary/aromatic N) is 6. The van der Waals surface area contributed by atoms with Crippen LogP contribution in [0, 0.1) is 0 Å². The van der Waals surface area contributed by atoms with E-state index in [2.05, 4.69) is 24.9 Å². The van der Waals surface area contributed by atoms with E-state index in [-0.39, 0.29) is 6.10 Å². The van der Waals surface area contributed by atoms with Gasteiger partial charge in [0, 0.05) is 32.7 Å². The largest absolute Gasteiger partial charge is 0.482 e. The molecule has 2 atom stereocenters. The van der Waals surface area contributed by atoms with Crippen molar-refractivity contribution < 1.29 is 9.84 Å². The average Bonchev–Trinajstić information content (AvgIpc) is 3.22. The van der Waals surface area contributed by atoms with Gasteiger partial charge < -0.3 is 19.6 Å². The van der Waals surface area contributed by atoms with Gasteiger partial charge in [-0.3, -0.25) is 4.68 Å². The lowest BCUT2D eigenvalue weighted by atomic mass is 10.1. The first kappa shape index (κ1) is 16.1. The number of rotatable bonds is 4. The van der Waals surface area contributed by atoms with Crippen molar-refractivity contribution in [2.75, 3.05) is 36.0 Å². The molecule has 0 spiro atoms. The van der Waals surface area contributed by atoms with Crippen LogP contribution >= 0.6 is 0 Å². The SMILES string of the molecule is Cn1cc(O[C@@H]2CN(c3cc(N4CCCCC4)ncn3)C[C@H]2O)cn1. The first-order chi connectivity index (χ1) is 12.2. The minimum absolute atomic E-state index is 0.294. The summed E-state index contributed by atoms with van der Waals surface area (Å²) in [6, 6.07) is 2.02. The molecule has 2 aliphatic rings. The van der Waals surface area contributed by atoms with Gasteiger partial charge in [-0.25, -0.2) is 9.97 Å². The van der Waals surface area contributed by atoms with Crippen molar-refractivity contribution in [1.29, 1.82) is 0 Å². The van der Waals surface area contributed by atoms with Crippen LogP contribution in [0.25, 0.3) is 0 Å². The monoisotopic (exact) mass is 344 g/mol. The van der Waals surface area contributed by atoms with Gasteiger partial charge in [0.05, 0.1) is 18.9 Å². The Bertz CT molecular complexity index is 715. The number of aliphatic hydroxyl groups excluding tert-OH is 1. The van der Waals surface area contributed by atoms with Crippen LogP contribution < -0.4 is 14.5 Å². The predicted octanol–water partition coefficient (Wildman–Crippen LogP) is 0.829. The van der Waals surface area contributed by atoms with Gasteiger partial charge in [-0.1, -0.05) is 0 Å². The van der Waals surface area contributed by atoms with E-state index in [1.807, 2.05) is 13.1 Å². The molecular weight excluding hydrogens is 320 g/mol. The normalized spacial score (nSPS) is 23.9. The summed E-state index contributed by atoms with van der Waals surface area (Å²) in [5, 5.41) is 14.5. The Morgan fingerprint density at radius 2 is 1.84 bits per heavy atom. The summed E-state index contributed by atoms with van der Waals surface area (Å²) in [5.74, 6) is 2.48. The molecule has 2 aromatic rings. The Morgan fingerprint density at radius 1 is 1.08 bits per heavy atom. The minimum atomic E-state index is -0.561. The van der Waals surface area contributed by atoms with Gasteiger partial charge in [-0.15, -0.1) is 0 Å². The highest BCUT2D eigenvalue weighted by Crippen LogP contribution is 2.25. The van der Waals surface area contributed by atoms with Gasteiger partial charge in [0.15, 0.2) is 5.75 Å². The highest BCUT2D eigenvalue weighted by atomic mass is 16.5. The molecule has 0 bridgehead atoms. The molecule has 4 rings (SSSR count). The van der Waals surface area contributed by atoms with Gasteiger partial charge in [-0.05, 0) is 19.3 Å². The molecule has 0 aliphatic carbocycles. The highest BCUT2D eigenvalue weighted by Gasteiger charge is 2.34. The van der Waals surface area contributed by atoms with Crippen molar-refractivity contribution in [1.82, 2.24) is 19.7 Å². The molecule has 2 saturated heterocycles. The van der Waals surface area contributed by atoms with Crippen LogP contribution in [0.15, 0.2) is 24.8 Å². The molecule has 25 heavy (non-hydrogen) atoms. The van der Waals surface area contributed by atoms with E-state index in [4.69, 9.17) is 4.74 Å². The van der Waals surface area contributed by atoms with Gasteiger partial charge in [0.25, 0.3) is 0 Å². The number of aryl methyl sites for hydroxylation is 1. The van der Waals surface area contributed by atoms with Gasteiger partial charge in [-0.2, -0.15) is 5.10 Å². The van der Waals surface area contributed by atoms with E-state index >= 15 is 0 Å². The Kier molecular flexibility index (Phi) is 4.44. The van der Waals surface area contributed by atoms with Crippen LogP contribution in [-0.4, -0.2) is 63.2 Å². The quantitative estimate of drug-likeness (QED) is 0.880. The number of hydrogen-bond acceptors (Lipinski definition) is 7. The topological polar surface area (TPSA) is 79.5 Å². The zero-order valence-corrected chi connectivity index (χ0v) is 14.5. The van der Waals surface area contributed by atoms with E-state index in [0.29, 0.717) is 18.8 Å². The van der Waals surface area contributed by atoms with Crippen LogP contribution in [0.3, 0.4) is 0 Å². The van der Waals surface area contributed by atoms with Crippen LogP contribution in [0.5, 0.6) is 5.75 Å². The summed E-state index contributed by atoms with van der Waals surface area (Å²) in [4.78, 5) is 13.2. The Hall–Kier alpha value is -2.35. The van der Waals surface area contributed by atoms with Crippen molar-refractivity contribution in [3.63, 3.8) is 0 Å². The summed E-state index contributed by atoms with van der Waals surface area (Å²) in [7, 11) is 1.84. The minimum Gasteiger partial charge on any atom is -0.482 e. The second-order valence-corrected chi connectivity index (χ2v) is 6.76. The fourth-order valence-corrected chi connectivity index (χ4v) is 3.50. The van der Waals surface area contributed by atoms with Crippen molar-refractivity contribution in [3.8, 4) is 5.75 Å². The molecule has 0 radical (unpaired) electrons. The van der Waals surface area contributed by atoms with Gasteiger partial charge in [0.2, 0.25) is 0 Å². The number of β-amino-alcohol motifs (C(OH)–C–C–N with tert-alkyl or cyclic N) is 1. The Labute approximate surface area is 147 Å². The molecule has 1 N–H and O–H groups in total. The molecule has 0 amide bonds. The van der Waals surface area contributed by atoms with Gasteiger partial charge in [0.1, 0.15) is 30.2 Å². The van der Waals surface area contributed by atoms with Crippen LogP contribution in [0.2, 0.25) is 0 Å². The van der Waals surface area contributed by atoms with Crippen LogP contribution in [0.1, 0.15) is 19.3 Å². The lowest BCUT2D eigenvalue weighted by molar-refractivity contribution is 0.0737. The maximum atomic E-state index is 10.4. The third-order valence-electron chi connectivity index (χ3n) is 4.85. The summed E-state index contributed by atoms with van der Waals surface area (Å²) in [5.41, 5.74) is 0. The number of ether oxygens (including phenoxy) is 1. The summed E-state index contributed by atoms with van der Waals surface area (Å²) in [6.45, 7) is 3.19. The summed E-state index contributed by atoms with van der Waals surface area (Å²) in [6.07, 6.45) is 7.93. The molecule has 2 aromatic heterocycles. The number of aromatic nitrogens is 4. The first-order valence-corrected chi connectivity index (χ1v) is 8.84. The molecule has 4 heterocycles. The molecule has 0 aromatic carbocycles. The first-order valence-electron chi connectivity index (χ1n) is 8.84. The maximum Gasteiger partial charge on any atom is 0.157 e. The average molecular weight is 344 g/mol. The summed E-state index contributed by atoms with van der Waals surface area (Å²) < 4.78 is 7.56. The third kappa shape index (κ3) is 3.53. The molecule has 8 heteroatoms. The van der Waals surface area contributed by atoms with Crippen LogP contribution in [0.4, 0.5) is 11.6 Å². The molecule has 8 nitrogen and oxygen atoms in total. The molecular formula is C17H24N6O2. The van der Waals surface area contributed by atoms with E-state index in [1.165, 1.54) is 19.3 Å². The number of hydrogen-bond donors (Lipinski definition) is 1. The van der Waals surface area contributed by atoms with Crippen molar-refractivity contribution in [3.05, 3.63) is 24.8 Å². The lowest BCUT2D eigenvalue weighted by Crippen LogP contribution is -2.31. The fraction of sp³-hybridized carbons (Fsp3) is 0.588. The Balaban J connectivity index is 1.45. The predicted molar refractivity (Wildman–Crippen MR) is 93.9 cm³/mol. The molecule has 2 fully saturated rings. The zero-order chi connectivity index (χ0) is 17.2.